The zero-order chi connectivity index (χ0) is 9.42. The number of methoxy groups -OCH3 is 1. The molecule has 4 atom stereocenters. The van der Waals surface area contributed by atoms with Crippen LogP contribution < -0.4 is 0 Å². The fourth-order valence-electron chi connectivity index (χ4n) is 2.98. The molecule has 3 heteroatoms. The Labute approximate surface area is 78.1 Å². The maximum absolute atomic E-state index is 11.1. The van der Waals surface area contributed by atoms with Crippen LogP contribution in [0.5, 0.6) is 0 Å². The summed E-state index contributed by atoms with van der Waals surface area (Å²) in [6, 6.07) is 0. The molecule has 0 heterocycles. The predicted molar refractivity (Wildman–Crippen MR) is 47.0 cm³/mol. The monoisotopic (exact) mass is 184 g/mol. The van der Waals surface area contributed by atoms with Crippen LogP contribution in [-0.4, -0.2) is 24.3 Å². The summed E-state index contributed by atoms with van der Waals surface area (Å²) in [6.45, 7) is 0. The number of aliphatic hydroxyl groups is 1. The summed E-state index contributed by atoms with van der Waals surface area (Å²) < 4.78 is 4.54. The molecule has 0 saturated heterocycles. The molecule has 0 aromatic carbocycles. The number of hydrogen-bond acceptors (Lipinski definition) is 3. The van der Waals surface area contributed by atoms with Crippen LogP contribution in [0.4, 0.5) is 0 Å². The van der Waals surface area contributed by atoms with E-state index in [-0.39, 0.29) is 5.92 Å². The third-order valence-electron chi connectivity index (χ3n) is 3.64. The van der Waals surface area contributed by atoms with Gasteiger partial charge >= 0.3 is 5.97 Å². The second-order valence-corrected chi connectivity index (χ2v) is 4.31. The summed E-state index contributed by atoms with van der Waals surface area (Å²) in [5.41, 5.74) is 0. The van der Waals surface area contributed by atoms with Crippen molar-refractivity contribution in [3.05, 3.63) is 0 Å². The molecule has 2 rings (SSSR count). The molecule has 0 aromatic rings. The Kier molecular flexibility index (Phi) is 2.28. The van der Waals surface area contributed by atoms with Crippen molar-refractivity contribution >= 4 is 5.97 Å². The summed E-state index contributed by atoms with van der Waals surface area (Å²) >= 11 is 0. The lowest BCUT2D eigenvalue weighted by Crippen LogP contribution is -2.33. The van der Waals surface area contributed by atoms with Gasteiger partial charge in [0.05, 0.1) is 7.11 Å². The van der Waals surface area contributed by atoms with Crippen molar-refractivity contribution in [2.24, 2.45) is 17.8 Å². The first kappa shape index (κ1) is 9.00. The van der Waals surface area contributed by atoms with Gasteiger partial charge in [-0.05, 0) is 37.0 Å². The van der Waals surface area contributed by atoms with Crippen LogP contribution in [0, 0.1) is 17.8 Å². The van der Waals surface area contributed by atoms with E-state index >= 15 is 0 Å². The third kappa shape index (κ3) is 1.46. The average Bonchev–Trinajstić information content (AvgIpc) is 2.76. The molecule has 0 amide bonds. The molecule has 0 radical (unpaired) electrons. The highest BCUT2D eigenvalue weighted by Crippen LogP contribution is 2.49. The van der Waals surface area contributed by atoms with Crippen LogP contribution >= 0.6 is 0 Å². The molecule has 74 valence electrons. The Morgan fingerprint density at radius 2 is 2.23 bits per heavy atom. The topological polar surface area (TPSA) is 46.5 Å². The van der Waals surface area contributed by atoms with Gasteiger partial charge < -0.3 is 9.84 Å². The highest BCUT2D eigenvalue weighted by atomic mass is 16.5. The van der Waals surface area contributed by atoms with Gasteiger partial charge in [-0.3, -0.25) is 0 Å². The molecule has 0 aromatic heterocycles. The van der Waals surface area contributed by atoms with Gasteiger partial charge in [0.15, 0.2) is 6.10 Å². The zero-order valence-corrected chi connectivity index (χ0v) is 7.90. The maximum Gasteiger partial charge on any atom is 0.334 e. The second kappa shape index (κ2) is 3.29. The van der Waals surface area contributed by atoms with Crippen molar-refractivity contribution in [3.8, 4) is 0 Å². The fraction of sp³-hybridized carbons (Fsp3) is 0.900. The van der Waals surface area contributed by atoms with E-state index in [1.165, 1.54) is 26.4 Å². The van der Waals surface area contributed by atoms with E-state index < -0.39 is 12.1 Å². The summed E-state index contributed by atoms with van der Waals surface area (Å²) in [6.07, 6.45) is 3.82. The van der Waals surface area contributed by atoms with Crippen LogP contribution in [0.25, 0.3) is 0 Å². The first-order valence-corrected chi connectivity index (χ1v) is 4.98. The minimum absolute atomic E-state index is 0.172. The molecule has 2 fully saturated rings. The van der Waals surface area contributed by atoms with E-state index in [2.05, 4.69) is 4.74 Å². The SMILES string of the molecule is COC(=O)C(O)C1CC2CCC1C2. The number of hydrogen-bond donors (Lipinski definition) is 1. The summed E-state index contributed by atoms with van der Waals surface area (Å²) in [4.78, 5) is 11.1. The molecule has 4 unspecified atom stereocenters. The minimum atomic E-state index is -0.875. The molecule has 1 N–H and O–H groups in total. The largest absolute Gasteiger partial charge is 0.467 e. The molecule has 2 aliphatic rings. The maximum atomic E-state index is 11.1. The second-order valence-electron chi connectivity index (χ2n) is 4.31. The first-order chi connectivity index (χ1) is 6.22. The normalized spacial score (nSPS) is 39.1. The third-order valence-corrected chi connectivity index (χ3v) is 3.64. The van der Waals surface area contributed by atoms with E-state index in [4.69, 9.17) is 0 Å². The number of carbonyl (C=O) groups is 1. The first-order valence-electron chi connectivity index (χ1n) is 4.98. The van der Waals surface area contributed by atoms with Crippen LogP contribution in [0.15, 0.2) is 0 Å². The van der Waals surface area contributed by atoms with E-state index in [1.54, 1.807) is 0 Å². The fourth-order valence-corrected chi connectivity index (χ4v) is 2.98. The number of fused-ring (bicyclic) bond motifs is 2. The van der Waals surface area contributed by atoms with Crippen LogP contribution in [0.2, 0.25) is 0 Å². The molecule has 3 nitrogen and oxygen atoms in total. The van der Waals surface area contributed by atoms with Gasteiger partial charge in [-0.1, -0.05) is 6.42 Å². The van der Waals surface area contributed by atoms with Gasteiger partial charge in [0, 0.05) is 0 Å². The molecule has 0 spiro atoms. The molecule has 2 bridgehead atoms. The van der Waals surface area contributed by atoms with Crippen molar-refractivity contribution in [2.45, 2.75) is 31.8 Å². The van der Waals surface area contributed by atoms with E-state index in [1.807, 2.05) is 0 Å². The quantitative estimate of drug-likeness (QED) is 0.650. The Bertz CT molecular complexity index is 214. The number of aliphatic hydroxyl groups excluding tert-OH is 1. The molecule has 2 aliphatic carbocycles. The van der Waals surface area contributed by atoms with Crippen molar-refractivity contribution in [3.63, 3.8) is 0 Å². The van der Waals surface area contributed by atoms with Crippen LogP contribution in [0.1, 0.15) is 25.7 Å². The summed E-state index contributed by atoms with van der Waals surface area (Å²) in [7, 11) is 1.33. The Morgan fingerprint density at radius 3 is 2.69 bits per heavy atom. The summed E-state index contributed by atoms with van der Waals surface area (Å²) in [5.74, 6) is 1.04. The highest BCUT2D eigenvalue weighted by Gasteiger charge is 2.45. The van der Waals surface area contributed by atoms with E-state index in [9.17, 15) is 9.90 Å². The Hall–Kier alpha value is -0.570. The standard InChI is InChI=1S/C10H16O3/c1-13-10(12)9(11)8-5-6-2-3-7(8)4-6/h6-9,11H,2-5H2,1H3. The number of rotatable bonds is 2. The van der Waals surface area contributed by atoms with Gasteiger partial charge in [-0.25, -0.2) is 4.79 Å². The van der Waals surface area contributed by atoms with Gasteiger partial charge in [-0.2, -0.15) is 0 Å². The minimum Gasteiger partial charge on any atom is -0.467 e. The van der Waals surface area contributed by atoms with Gasteiger partial charge in [0.1, 0.15) is 0 Å². The average molecular weight is 184 g/mol. The molecule has 2 saturated carbocycles. The van der Waals surface area contributed by atoms with Crippen molar-refractivity contribution < 1.29 is 14.6 Å². The van der Waals surface area contributed by atoms with Gasteiger partial charge in [0.25, 0.3) is 0 Å². The lowest BCUT2D eigenvalue weighted by Gasteiger charge is -2.24. The highest BCUT2D eigenvalue weighted by molar-refractivity contribution is 5.74. The lowest BCUT2D eigenvalue weighted by atomic mass is 9.85. The predicted octanol–water partition coefficient (Wildman–Crippen LogP) is 0.956. The van der Waals surface area contributed by atoms with E-state index in [0.717, 1.165) is 12.3 Å². The Morgan fingerprint density at radius 1 is 1.46 bits per heavy atom. The van der Waals surface area contributed by atoms with Gasteiger partial charge in [-0.15, -0.1) is 0 Å². The van der Waals surface area contributed by atoms with Crippen LogP contribution in [-0.2, 0) is 9.53 Å². The smallest absolute Gasteiger partial charge is 0.334 e. The van der Waals surface area contributed by atoms with Crippen molar-refractivity contribution in [1.82, 2.24) is 0 Å². The summed E-state index contributed by atoms with van der Waals surface area (Å²) in [5, 5.41) is 9.67. The Balaban J connectivity index is 1.98. The molecule has 13 heavy (non-hydrogen) atoms. The van der Waals surface area contributed by atoms with Gasteiger partial charge in [0.2, 0.25) is 0 Å². The molecular weight excluding hydrogens is 168 g/mol. The number of esters is 1. The number of ether oxygens (including phenoxy) is 1. The van der Waals surface area contributed by atoms with Crippen LogP contribution in [0.3, 0.4) is 0 Å². The molecular formula is C10H16O3. The van der Waals surface area contributed by atoms with E-state index in [0.29, 0.717) is 5.92 Å². The van der Waals surface area contributed by atoms with Crippen molar-refractivity contribution in [1.29, 1.82) is 0 Å². The molecule has 0 aliphatic heterocycles. The number of carbonyl (C=O) groups excluding carboxylic acids is 1. The van der Waals surface area contributed by atoms with Crippen molar-refractivity contribution in [2.75, 3.05) is 7.11 Å². The lowest BCUT2D eigenvalue weighted by molar-refractivity contribution is -0.154. The zero-order valence-electron chi connectivity index (χ0n) is 7.90.